The van der Waals surface area contributed by atoms with E-state index in [0.29, 0.717) is 6.04 Å². The first-order valence-corrected chi connectivity index (χ1v) is 6.40. The summed E-state index contributed by atoms with van der Waals surface area (Å²) in [6.45, 7) is 9.29. The van der Waals surface area contributed by atoms with Crippen LogP contribution in [0.25, 0.3) is 0 Å². The van der Waals surface area contributed by atoms with Crippen LogP contribution in [0.5, 0.6) is 0 Å². The van der Waals surface area contributed by atoms with Gasteiger partial charge in [-0.15, -0.1) is 0 Å². The second-order valence-electron chi connectivity index (χ2n) is 5.54. The van der Waals surface area contributed by atoms with Gasteiger partial charge >= 0.3 is 0 Å². The number of rotatable bonds is 6. The third kappa shape index (κ3) is 5.28. The van der Waals surface area contributed by atoms with Crippen LogP contribution in [0.1, 0.15) is 40.0 Å². The Bertz CT molecular complexity index is 188. The van der Waals surface area contributed by atoms with Crippen LogP contribution in [0, 0.1) is 5.92 Å². The van der Waals surface area contributed by atoms with Crippen molar-refractivity contribution in [1.29, 1.82) is 0 Å². The molecule has 3 nitrogen and oxygen atoms in total. The van der Waals surface area contributed by atoms with Crippen molar-refractivity contribution < 1.29 is 9.47 Å². The number of methoxy groups -OCH3 is 1. The molecule has 1 aliphatic heterocycles. The lowest BCUT2D eigenvalue weighted by Crippen LogP contribution is -2.41. The molecule has 96 valence electrons. The van der Waals surface area contributed by atoms with E-state index in [0.717, 1.165) is 25.7 Å². The molecule has 0 aromatic rings. The molecule has 1 atom stereocenters. The van der Waals surface area contributed by atoms with Crippen LogP contribution in [0.15, 0.2) is 0 Å². The van der Waals surface area contributed by atoms with Gasteiger partial charge in [0.1, 0.15) is 0 Å². The van der Waals surface area contributed by atoms with E-state index in [1.54, 1.807) is 7.11 Å². The lowest BCUT2D eigenvalue weighted by molar-refractivity contribution is 0.0193. The first-order valence-electron chi connectivity index (χ1n) is 6.40. The summed E-state index contributed by atoms with van der Waals surface area (Å²) >= 11 is 0. The normalized spacial score (nSPS) is 21.0. The SMILES string of the molecule is COC(C)(C)CNC(C)CC1CCOCC1. The van der Waals surface area contributed by atoms with Gasteiger partial charge in [0, 0.05) is 32.9 Å². The van der Waals surface area contributed by atoms with E-state index in [1.807, 2.05) is 0 Å². The van der Waals surface area contributed by atoms with Crippen molar-refractivity contribution in [1.82, 2.24) is 5.32 Å². The van der Waals surface area contributed by atoms with Gasteiger partial charge in [-0.2, -0.15) is 0 Å². The highest BCUT2D eigenvalue weighted by Gasteiger charge is 2.20. The Hall–Kier alpha value is -0.120. The molecule has 1 fully saturated rings. The quantitative estimate of drug-likeness (QED) is 0.757. The van der Waals surface area contributed by atoms with Gasteiger partial charge in [0.15, 0.2) is 0 Å². The standard InChI is InChI=1S/C13H27NO2/c1-11(14-10-13(2,3)15-4)9-12-5-7-16-8-6-12/h11-12,14H,5-10H2,1-4H3. The Balaban J connectivity index is 2.17. The fourth-order valence-corrected chi connectivity index (χ4v) is 2.06. The molecule has 0 aliphatic carbocycles. The zero-order valence-corrected chi connectivity index (χ0v) is 11.2. The van der Waals surface area contributed by atoms with Crippen molar-refractivity contribution in [2.45, 2.75) is 51.7 Å². The summed E-state index contributed by atoms with van der Waals surface area (Å²) in [5.41, 5.74) is -0.0655. The van der Waals surface area contributed by atoms with Crippen LogP contribution in [-0.4, -0.2) is 38.5 Å². The second kappa shape index (κ2) is 6.58. The summed E-state index contributed by atoms with van der Waals surface area (Å²) in [6.07, 6.45) is 3.70. The molecule has 0 bridgehead atoms. The van der Waals surface area contributed by atoms with Gasteiger partial charge in [-0.3, -0.25) is 0 Å². The second-order valence-corrected chi connectivity index (χ2v) is 5.54. The van der Waals surface area contributed by atoms with Crippen molar-refractivity contribution in [3.63, 3.8) is 0 Å². The Morgan fingerprint density at radius 2 is 2.00 bits per heavy atom. The lowest BCUT2D eigenvalue weighted by atomic mass is 9.93. The molecule has 1 N–H and O–H groups in total. The van der Waals surface area contributed by atoms with Gasteiger partial charge in [0.25, 0.3) is 0 Å². The largest absolute Gasteiger partial charge is 0.381 e. The van der Waals surface area contributed by atoms with Crippen LogP contribution in [0.4, 0.5) is 0 Å². The van der Waals surface area contributed by atoms with Crippen LogP contribution in [0.3, 0.4) is 0 Å². The van der Waals surface area contributed by atoms with Gasteiger partial charge < -0.3 is 14.8 Å². The Morgan fingerprint density at radius 1 is 1.38 bits per heavy atom. The maximum absolute atomic E-state index is 5.40. The highest BCUT2D eigenvalue weighted by atomic mass is 16.5. The Morgan fingerprint density at radius 3 is 2.56 bits per heavy atom. The average Bonchev–Trinajstić information content (AvgIpc) is 2.28. The molecule has 0 aromatic carbocycles. The average molecular weight is 229 g/mol. The highest BCUT2D eigenvalue weighted by molar-refractivity contribution is 4.76. The minimum atomic E-state index is -0.0655. The molecule has 0 radical (unpaired) electrons. The molecular weight excluding hydrogens is 202 g/mol. The third-order valence-corrected chi connectivity index (χ3v) is 3.46. The van der Waals surface area contributed by atoms with Crippen molar-refractivity contribution in [3.8, 4) is 0 Å². The van der Waals surface area contributed by atoms with Gasteiger partial charge in [0.05, 0.1) is 5.60 Å². The van der Waals surface area contributed by atoms with Crippen molar-refractivity contribution in [2.75, 3.05) is 26.9 Å². The van der Waals surface area contributed by atoms with Gasteiger partial charge in [-0.1, -0.05) is 0 Å². The molecule has 0 spiro atoms. The molecule has 0 saturated carbocycles. The molecule has 0 aromatic heterocycles. The van der Waals surface area contributed by atoms with Crippen LogP contribution >= 0.6 is 0 Å². The molecule has 1 unspecified atom stereocenters. The predicted octanol–water partition coefficient (Wildman–Crippen LogP) is 2.21. The van der Waals surface area contributed by atoms with E-state index in [1.165, 1.54) is 19.3 Å². The lowest BCUT2D eigenvalue weighted by Gasteiger charge is -2.29. The van der Waals surface area contributed by atoms with Crippen molar-refractivity contribution in [2.24, 2.45) is 5.92 Å². The fraction of sp³-hybridized carbons (Fsp3) is 1.00. The first-order chi connectivity index (χ1) is 7.53. The summed E-state index contributed by atoms with van der Waals surface area (Å²) in [4.78, 5) is 0. The first kappa shape index (κ1) is 13.9. The molecule has 0 amide bonds. The summed E-state index contributed by atoms with van der Waals surface area (Å²) in [5, 5.41) is 3.56. The van der Waals surface area contributed by atoms with E-state index in [4.69, 9.17) is 9.47 Å². The van der Waals surface area contributed by atoms with E-state index in [-0.39, 0.29) is 5.60 Å². The molecule has 3 heteroatoms. The van der Waals surface area contributed by atoms with Gasteiger partial charge in [0.2, 0.25) is 0 Å². The molecule has 1 aliphatic rings. The maximum atomic E-state index is 5.40. The van der Waals surface area contributed by atoms with Gasteiger partial charge in [-0.05, 0) is 46.0 Å². The third-order valence-electron chi connectivity index (χ3n) is 3.46. The monoisotopic (exact) mass is 229 g/mol. The number of ether oxygens (including phenoxy) is 2. The maximum Gasteiger partial charge on any atom is 0.0746 e. The smallest absolute Gasteiger partial charge is 0.0746 e. The molecule has 1 saturated heterocycles. The zero-order chi connectivity index (χ0) is 12.0. The predicted molar refractivity (Wildman–Crippen MR) is 66.7 cm³/mol. The van der Waals surface area contributed by atoms with E-state index >= 15 is 0 Å². The van der Waals surface area contributed by atoms with Crippen molar-refractivity contribution in [3.05, 3.63) is 0 Å². The topological polar surface area (TPSA) is 30.5 Å². The number of hydrogen-bond acceptors (Lipinski definition) is 3. The molecule has 1 rings (SSSR count). The minimum Gasteiger partial charge on any atom is -0.381 e. The Kier molecular flexibility index (Phi) is 5.73. The van der Waals surface area contributed by atoms with Crippen LogP contribution < -0.4 is 5.32 Å². The molecular formula is C13H27NO2. The Labute approximate surface area is 99.9 Å². The summed E-state index contributed by atoms with van der Waals surface area (Å²) < 4.78 is 10.8. The molecule has 1 heterocycles. The minimum absolute atomic E-state index is 0.0655. The summed E-state index contributed by atoms with van der Waals surface area (Å²) in [5.74, 6) is 0.835. The van der Waals surface area contributed by atoms with Crippen LogP contribution in [0.2, 0.25) is 0 Å². The van der Waals surface area contributed by atoms with E-state index < -0.39 is 0 Å². The highest BCUT2D eigenvalue weighted by Crippen LogP contribution is 2.20. The summed E-state index contributed by atoms with van der Waals surface area (Å²) in [6, 6.07) is 0.567. The van der Waals surface area contributed by atoms with Crippen molar-refractivity contribution >= 4 is 0 Å². The van der Waals surface area contributed by atoms with E-state index in [9.17, 15) is 0 Å². The zero-order valence-electron chi connectivity index (χ0n) is 11.2. The number of nitrogens with one attached hydrogen (secondary N) is 1. The van der Waals surface area contributed by atoms with Gasteiger partial charge in [-0.25, -0.2) is 0 Å². The number of hydrogen-bond donors (Lipinski definition) is 1. The van der Waals surface area contributed by atoms with Crippen LogP contribution in [-0.2, 0) is 9.47 Å². The summed E-state index contributed by atoms with van der Waals surface area (Å²) in [7, 11) is 1.77. The molecule has 16 heavy (non-hydrogen) atoms. The fourth-order valence-electron chi connectivity index (χ4n) is 2.06. The van der Waals surface area contributed by atoms with E-state index in [2.05, 4.69) is 26.1 Å².